The van der Waals surface area contributed by atoms with Crippen LogP contribution in [0.1, 0.15) is 45.6 Å². The van der Waals surface area contributed by atoms with Gasteiger partial charge in [-0.1, -0.05) is 81.8 Å². The first-order chi connectivity index (χ1) is 19.3. The lowest BCUT2D eigenvalue weighted by molar-refractivity contribution is -0.148. The molecule has 7 heteroatoms. The summed E-state index contributed by atoms with van der Waals surface area (Å²) in [6, 6.07) is 25.0. The molecular formula is C33H39N3O4. The number of piperazine rings is 1. The molecule has 0 radical (unpaired) electrons. The second-order valence-corrected chi connectivity index (χ2v) is 11.4. The van der Waals surface area contributed by atoms with Crippen molar-refractivity contribution in [3.05, 3.63) is 88.9 Å². The minimum atomic E-state index is -0.513. The van der Waals surface area contributed by atoms with Gasteiger partial charge in [-0.25, -0.2) is 9.36 Å². The van der Waals surface area contributed by atoms with E-state index in [0.29, 0.717) is 17.5 Å². The van der Waals surface area contributed by atoms with E-state index in [0.717, 1.165) is 51.3 Å². The number of carbonyl (C=O) groups is 1. The fraction of sp³-hybridized carbons (Fsp3) is 0.394. The summed E-state index contributed by atoms with van der Waals surface area (Å²) >= 11 is 0. The van der Waals surface area contributed by atoms with Gasteiger partial charge >= 0.3 is 11.7 Å². The van der Waals surface area contributed by atoms with Gasteiger partial charge in [0.1, 0.15) is 0 Å². The van der Waals surface area contributed by atoms with E-state index in [9.17, 15) is 9.59 Å². The Balaban J connectivity index is 1.21. The van der Waals surface area contributed by atoms with Gasteiger partial charge in [-0.2, -0.15) is 0 Å². The molecule has 210 valence electrons. The van der Waals surface area contributed by atoms with Crippen LogP contribution in [0.3, 0.4) is 0 Å². The maximum atomic E-state index is 12.7. The minimum absolute atomic E-state index is 0.0866. The highest BCUT2D eigenvalue weighted by atomic mass is 16.5. The van der Waals surface area contributed by atoms with Gasteiger partial charge in [-0.05, 0) is 46.7 Å². The summed E-state index contributed by atoms with van der Waals surface area (Å²) in [5.41, 5.74) is 5.93. The third kappa shape index (κ3) is 6.48. The van der Waals surface area contributed by atoms with Crippen LogP contribution in [0.25, 0.3) is 22.2 Å². The van der Waals surface area contributed by atoms with E-state index < -0.39 is 5.76 Å². The van der Waals surface area contributed by atoms with Crippen molar-refractivity contribution in [2.24, 2.45) is 5.41 Å². The summed E-state index contributed by atoms with van der Waals surface area (Å²) in [6.45, 7) is 10.6. The van der Waals surface area contributed by atoms with Crippen LogP contribution in [0.4, 0.5) is 5.69 Å². The summed E-state index contributed by atoms with van der Waals surface area (Å²) < 4.78 is 12.5. The summed E-state index contributed by atoms with van der Waals surface area (Å²) in [4.78, 5) is 29.8. The molecule has 1 fully saturated rings. The zero-order valence-electron chi connectivity index (χ0n) is 23.8. The second kappa shape index (κ2) is 12.1. The zero-order chi connectivity index (χ0) is 28.1. The molecule has 7 nitrogen and oxygen atoms in total. The number of benzene rings is 3. The van der Waals surface area contributed by atoms with Gasteiger partial charge < -0.3 is 14.1 Å². The largest absolute Gasteiger partial charge is 0.444 e. The number of ether oxygens (including phenoxy) is 1. The fourth-order valence-corrected chi connectivity index (χ4v) is 5.15. The Labute approximate surface area is 236 Å². The summed E-state index contributed by atoms with van der Waals surface area (Å²) in [6.07, 6.45) is 2.07. The highest BCUT2D eigenvalue weighted by Gasteiger charge is 2.23. The van der Waals surface area contributed by atoms with E-state index in [4.69, 9.17) is 9.15 Å². The third-order valence-electron chi connectivity index (χ3n) is 8.14. The Hall–Kier alpha value is -3.84. The van der Waals surface area contributed by atoms with Crippen LogP contribution < -0.4 is 10.7 Å². The first-order valence-corrected chi connectivity index (χ1v) is 14.2. The molecule has 1 aromatic heterocycles. The molecule has 0 bridgehead atoms. The van der Waals surface area contributed by atoms with E-state index in [1.54, 1.807) is 0 Å². The van der Waals surface area contributed by atoms with E-state index in [1.165, 1.54) is 21.3 Å². The average molecular weight is 542 g/mol. The van der Waals surface area contributed by atoms with Crippen LogP contribution in [0.5, 0.6) is 0 Å². The SMILES string of the molecule is CCC(C)(C)CCC(=O)OCn1c(=O)oc2c(N3CCN(Cc4cccc(-c5ccccc5)c4)CC3)cccc21. The van der Waals surface area contributed by atoms with Crippen molar-refractivity contribution >= 4 is 22.8 Å². The van der Waals surface area contributed by atoms with Crippen LogP contribution in [-0.4, -0.2) is 41.6 Å². The van der Waals surface area contributed by atoms with Gasteiger partial charge in [0, 0.05) is 39.1 Å². The molecule has 1 aliphatic heterocycles. The number of anilines is 1. The van der Waals surface area contributed by atoms with Crippen molar-refractivity contribution in [2.45, 2.75) is 53.3 Å². The lowest BCUT2D eigenvalue weighted by atomic mass is 9.85. The number of hydrogen-bond donors (Lipinski definition) is 0. The molecule has 1 saturated heterocycles. The molecule has 1 aliphatic rings. The van der Waals surface area contributed by atoms with Crippen LogP contribution in [-0.2, 0) is 22.8 Å². The number of hydrogen-bond acceptors (Lipinski definition) is 6. The summed E-state index contributed by atoms with van der Waals surface area (Å²) in [7, 11) is 0. The Morgan fingerprint density at radius 1 is 0.925 bits per heavy atom. The summed E-state index contributed by atoms with van der Waals surface area (Å²) in [5.74, 6) is -0.814. The standard InChI is InChI=1S/C33H39N3O4/c1-4-33(2,3)17-16-30(37)39-24-36-29-15-9-14-28(31(29)40-32(36)38)35-20-18-34(19-21-35)23-25-10-8-13-27(22-25)26-11-6-5-7-12-26/h5-15,22H,4,16-21,23-24H2,1-3H3. The first-order valence-electron chi connectivity index (χ1n) is 14.2. The number of carbonyl (C=O) groups excluding carboxylic acids is 1. The number of fused-ring (bicyclic) bond motifs is 1. The van der Waals surface area contributed by atoms with Gasteiger partial charge in [0.2, 0.25) is 0 Å². The number of rotatable bonds is 10. The molecule has 40 heavy (non-hydrogen) atoms. The monoisotopic (exact) mass is 541 g/mol. The predicted molar refractivity (Wildman–Crippen MR) is 159 cm³/mol. The molecule has 2 heterocycles. The quantitative estimate of drug-likeness (QED) is 0.220. The molecule has 0 aliphatic carbocycles. The highest BCUT2D eigenvalue weighted by molar-refractivity contribution is 5.87. The molecule has 3 aromatic carbocycles. The average Bonchev–Trinajstić information content (AvgIpc) is 3.31. The molecule has 0 spiro atoms. The van der Waals surface area contributed by atoms with Gasteiger partial charge in [0.15, 0.2) is 12.3 Å². The molecule has 0 N–H and O–H groups in total. The topological polar surface area (TPSA) is 67.9 Å². The van der Waals surface area contributed by atoms with Crippen LogP contribution in [0.2, 0.25) is 0 Å². The third-order valence-corrected chi connectivity index (χ3v) is 8.14. The summed E-state index contributed by atoms with van der Waals surface area (Å²) in [5, 5.41) is 0. The highest BCUT2D eigenvalue weighted by Crippen LogP contribution is 2.29. The maximum Gasteiger partial charge on any atom is 0.422 e. The van der Waals surface area contributed by atoms with Crippen LogP contribution in [0.15, 0.2) is 82.0 Å². The van der Waals surface area contributed by atoms with E-state index in [2.05, 4.69) is 79.1 Å². The van der Waals surface area contributed by atoms with E-state index in [-0.39, 0.29) is 18.1 Å². The smallest absolute Gasteiger partial charge is 0.422 e. The predicted octanol–water partition coefficient (Wildman–Crippen LogP) is 6.30. The van der Waals surface area contributed by atoms with E-state index in [1.807, 2.05) is 24.3 Å². The number of nitrogens with zero attached hydrogens (tertiary/aromatic N) is 3. The number of oxazole rings is 1. The van der Waals surface area contributed by atoms with Crippen molar-refractivity contribution in [3.8, 4) is 11.1 Å². The molecule has 0 saturated carbocycles. The lowest BCUT2D eigenvalue weighted by Gasteiger charge is -2.36. The first kappa shape index (κ1) is 27.7. The van der Waals surface area contributed by atoms with Crippen molar-refractivity contribution in [3.63, 3.8) is 0 Å². The molecule has 0 amide bonds. The Morgan fingerprint density at radius 3 is 2.40 bits per heavy atom. The Kier molecular flexibility index (Phi) is 8.40. The van der Waals surface area contributed by atoms with Gasteiger partial charge in [-0.3, -0.25) is 9.69 Å². The maximum absolute atomic E-state index is 12.7. The zero-order valence-corrected chi connectivity index (χ0v) is 23.8. The van der Waals surface area contributed by atoms with Crippen molar-refractivity contribution < 1.29 is 13.9 Å². The van der Waals surface area contributed by atoms with Crippen molar-refractivity contribution in [1.29, 1.82) is 0 Å². The van der Waals surface area contributed by atoms with Gasteiger partial charge in [-0.15, -0.1) is 0 Å². The lowest BCUT2D eigenvalue weighted by Crippen LogP contribution is -2.46. The van der Waals surface area contributed by atoms with Gasteiger partial charge in [0.25, 0.3) is 0 Å². The van der Waals surface area contributed by atoms with E-state index >= 15 is 0 Å². The minimum Gasteiger partial charge on any atom is -0.444 e. The number of aromatic nitrogens is 1. The fourth-order valence-electron chi connectivity index (χ4n) is 5.15. The number of esters is 1. The molecule has 0 atom stereocenters. The molecule has 0 unspecified atom stereocenters. The number of para-hydroxylation sites is 1. The molecule has 5 rings (SSSR count). The van der Waals surface area contributed by atoms with Gasteiger partial charge in [0.05, 0.1) is 11.2 Å². The second-order valence-electron chi connectivity index (χ2n) is 11.4. The molecule has 4 aromatic rings. The van der Waals surface area contributed by atoms with Crippen LogP contribution in [0, 0.1) is 5.41 Å². The van der Waals surface area contributed by atoms with Crippen molar-refractivity contribution in [1.82, 2.24) is 9.47 Å². The van der Waals surface area contributed by atoms with Crippen LogP contribution >= 0.6 is 0 Å². The van der Waals surface area contributed by atoms with Crippen molar-refractivity contribution in [2.75, 3.05) is 31.1 Å². The molecular weight excluding hydrogens is 502 g/mol. The normalized spacial score (nSPS) is 14.5. The Morgan fingerprint density at radius 2 is 1.65 bits per heavy atom. The Bertz CT molecular complexity index is 1500.